The van der Waals surface area contributed by atoms with E-state index in [1.165, 1.54) is 36.4 Å². The highest BCUT2D eigenvalue weighted by Crippen LogP contribution is 2.22. The highest BCUT2D eigenvalue weighted by atomic mass is 19.1. The molecule has 0 fully saturated rings. The highest BCUT2D eigenvalue weighted by molar-refractivity contribution is 5.95. The number of carbonyl (C=O) groups excluding carboxylic acids is 4. The zero-order valence-electron chi connectivity index (χ0n) is 22.9. The van der Waals surface area contributed by atoms with Gasteiger partial charge in [-0.3, -0.25) is 25.2 Å². The predicted molar refractivity (Wildman–Crippen MR) is 147 cm³/mol. The van der Waals surface area contributed by atoms with Crippen LogP contribution in [0.1, 0.15) is 49.5 Å². The van der Waals surface area contributed by atoms with Crippen molar-refractivity contribution in [1.29, 1.82) is 0 Å². The van der Waals surface area contributed by atoms with Crippen LogP contribution in [0.25, 0.3) is 0 Å². The van der Waals surface area contributed by atoms with Gasteiger partial charge in [0.05, 0.1) is 12.5 Å². The fourth-order valence-electron chi connectivity index (χ4n) is 3.43. The number of esters is 1. The summed E-state index contributed by atoms with van der Waals surface area (Å²) in [6.45, 7) is 5.08. The van der Waals surface area contributed by atoms with Crippen LogP contribution >= 0.6 is 0 Å². The number of rotatable bonds is 10. The van der Waals surface area contributed by atoms with E-state index < -0.39 is 35.5 Å². The summed E-state index contributed by atoms with van der Waals surface area (Å²) in [4.78, 5) is 49.8. The van der Waals surface area contributed by atoms with E-state index >= 15 is 0 Å². The normalized spacial score (nSPS) is 11.5. The van der Waals surface area contributed by atoms with Gasteiger partial charge in [0.15, 0.2) is 0 Å². The van der Waals surface area contributed by atoms with Crippen molar-refractivity contribution in [2.45, 2.75) is 51.9 Å². The monoisotopic (exact) mass is 565 g/mol. The SMILES string of the molecule is CC(C)(C)OC(=O)NC(CC(=O)NNC(=O)c1ccc(Oc2ccc(F)cc2)cc1)CC(=O)OCc1ccccc1. The molecule has 1 unspecified atom stereocenters. The lowest BCUT2D eigenvalue weighted by Crippen LogP contribution is -2.46. The Morgan fingerprint density at radius 2 is 1.41 bits per heavy atom. The maximum absolute atomic E-state index is 13.1. The number of benzene rings is 3. The molecule has 0 radical (unpaired) electrons. The number of amides is 3. The Bertz CT molecular complexity index is 1320. The van der Waals surface area contributed by atoms with Gasteiger partial charge in [-0.2, -0.15) is 0 Å². The summed E-state index contributed by atoms with van der Waals surface area (Å²) in [5.41, 5.74) is 4.78. The summed E-state index contributed by atoms with van der Waals surface area (Å²) >= 11 is 0. The Balaban J connectivity index is 1.52. The van der Waals surface area contributed by atoms with Gasteiger partial charge in [0.25, 0.3) is 5.91 Å². The summed E-state index contributed by atoms with van der Waals surface area (Å²) in [5.74, 6) is -1.44. The van der Waals surface area contributed by atoms with E-state index in [-0.39, 0.29) is 30.8 Å². The molecule has 0 saturated heterocycles. The van der Waals surface area contributed by atoms with Gasteiger partial charge in [-0.1, -0.05) is 30.3 Å². The summed E-state index contributed by atoms with van der Waals surface area (Å²) in [6, 6.07) is 19.6. The van der Waals surface area contributed by atoms with Crippen LogP contribution in [-0.4, -0.2) is 35.5 Å². The molecule has 41 heavy (non-hydrogen) atoms. The third-order valence-corrected chi connectivity index (χ3v) is 5.29. The van der Waals surface area contributed by atoms with Crippen LogP contribution in [0.5, 0.6) is 11.5 Å². The first-order valence-corrected chi connectivity index (χ1v) is 12.8. The zero-order valence-corrected chi connectivity index (χ0v) is 22.9. The minimum absolute atomic E-state index is 0.0365. The molecule has 0 saturated carbocycles. The molecule has 3 amide bonds. The second-order valence-corrected chi connectivity index (χ2v) is 9.98. The minimum Gasteiger partial charge on any atom is -0.461 e. The number of hydrogen-bond acceptors (Lipinski definition) is 7. The predicted octanol–water partition coefficient (Wildman–Crippen LogP) is 4.80. The first kappa shape index (κ1) is 30.6. The van der Waals surface area contributed by atoms with Crippen molar-refractivity contribution in [2.24, 2.45) is 0 Å². The molecule has 3 aromatic rings. The van der Waals surface area contributed by atoms with Gasteiger partial charge in [0.2, 0.25) is 5.91 Å². The minimum atomic E-state index is -0.965. The van der Waals surface area contributed by atoms with Gasteiger partial charge in [0, 0.05) is 12.0 Å². The Morgan fingerprint density at radius 1 is 0.805 bits per heavy atom. The standard InChI is InChI=1S/C30H32FN3O7/c1-30(2,3)41-29(38)32-23(18-27(36)39-19-20-7-5-4-6-8-20)17-26(35)33-34-28(37)21-9-13-24(14-10-21)40-25-15-11-22(31)12-16-25/h4-16,23H,17-19H2,1-3H3,(H,32,38)(H,33,35)(H,34,37). The average molecular weight is 566 g/mol. The third-order valence-electron chi connectivity index (χ3n) is 5.29. The van der Waals surface area contributed by atoms with Crippen molar-refractivity contribution in [1.82, 2.24) is 16.2 Å². The highest BCUT2D eigenvalue weighted by Gasteiger charge is 2.24. The lowest BCUT2D eigenvalue weighted by atomic mass is 10.1. The van der Waals surface area contributed by atoms with Crippen LogP contribution in [0, 0.1) is 5.82 Å². The molecule has 0 bridgehead atoms. The summed E-state index contributed by atoms with van der Waals surface area (Å²) in [6.07, 6.45) is -1.45. The van der Waals surface area contributed by atoms with E-state index in [4.69, 9.17) is 14.2 Å². The molecule has 1 atom stereocenters. The average Bonchev–Trinajstić information content (AvgIpc) is 2.91. The molecule has 11 heteroatoms. The van der Waals surface area contributed by atoms with Crippen LogP contribution < -0.4 is 20.9 Å². The number of hydrazine groups is 1. The third kappa shape index (κ3) is 11.4. The van der Waals surface area contributed by atoms with Gasteiger partial charge < -0.3 is 19.5 Å². The maximum atomic E-state index is 13.1. The second-order valence-electron chi connectivity index (χ2n) is 9.98. The summed E-state index contributed by atoms with van der Waals surface area (Å²) < 4.78 is 29.2. The second kappa shape index (κ2) is 14.5. The van der Waals surface area contributed by atoms with E-state index in [1.54, 1.807) is 45.0 Å². The fourth-order valence-corrected chi connectivity index (χ4v) is 3.43. The van der Waals surface area contributed by atoms with Crippen molar-refractivity contribution < 1.29 is 37.8 Å². The number of nitrogens with one attached hydrogen (secondary N) is 3. The molecule has 0 heterocycles. The van der Waals surface area contributed by atoms with Crippen molar-refractivity contribution in [3.05, 3.63) is 95.8 Å². The molecule has 3 aromatic carbocycles. The Labute approximate surface area is 237 Å². The first-order valence-electron chi connectivity index (χ1n) is 12.8. The maximum Gasteiger partial charge on any atom is 0.407 e. The van der Waals surface area contributed by atoms with E-state index in [9.17, 15) is 23.6 Å². The molecular weight excluding hydrogens is 533 g/mol. The lowest BCUT2D eigenvalue weighted by molar-refractivity contribution is -0.145. The van der Waals surface area contributed by atoms with Gasteiger partial charge in [-0.25, -0.2) is 9.18 Å². The van der Waals surface area contributed by atoms with Crippen LogP contribution in [-0.2, 0) is 25.7 Å². The Morgan fingerprint density at radius 3 is 2.02 bits per heavy atom. The number of alkyl carbamates (subject to hydrolysis) is 1. The topological polar surface area (TPSA) is 132 Å². The van der Waals surface area contributed by atoms with E-state index in [2.05, 4.69) is 16.2 Å². The molecule has 0 spiro atoms. The summed E-state index contributed by atoms with van der Waals surface area (Å²) in [5, 5.41) is 2.51. The van der Waals surface area contributed by atoms with E-state index in [1.807, 2.05) is 18.2 Å². The van der Waals surface area contributed by atoms with E-state index in [0.29, 0.717) is 11.5 Å². The van der Waals surface area contributed by atoms with Crippen LogP contribution in [0.2, 0.25) is 0 Å². The quantitative estimate of drug-likeness (QED) is 0.238. The molecule has 0 aliphatic carbocycles. The molecule has 3 N–H and O–H groups in total. The van der Waals surface area contributed by atoms with Crippen molar-refractivity contribution in [3.8, 4) is 11.5 Å². The molecule has 10 nitrogen and oxygen atoms in total. The van der Waals surface area contributed by atoms with Crippen molar-refractivity contribution in [3.63, 3.8) is 0 Å². The Kier molecular flexibility index (Phi) is 10.8. The van der Waals surface area contributed by atoms with Crippen molar-refractivity contribution >= 4 is 23.9 Å². The molecule has 0 aliphatic heterocycles. The van der Waals surface area contributed by atoms with Crippen LogP contribution in [0.3, 0.4) is 0 Å². The molecule has 0 aliphatic rings. The first-order chi connectivity index (χ1) is 19.5. The van der Waals surface area contributed by atoms with Gasteiger partial charge in [-0.05, 0) is 74.9 Å². The molecular formula is C30H32FN3O7. The van der Waals surface area contributed by atoms with Crippen molar-refractivity contribution in [2.75, 3.05) is 0 Å². The molecule has 216 valence electrons. The number of carbonyl (C=O) groups is 4. The van der Waals surface area contributed by atoms with E-state index in [0.717, 1.165) is 5.56 Å². The van der Waals surface area contributed by atoms with Gasteiger partial charge in [0.1, 0.15) is 29.5 Å². The molecule has 3 rings (SSSR count). The number of halogens is 1. The number of ether oxygens (including phenoxy) is 3. The van der Waals surface area contributed by atoms with Crippen LogP contribution in [0.15, 0.2) is 78.9 Å². The fraction of sp³-hybridized carbons (Fsp3) is 0.267. The van der Waals surface area contributed by atoms with Gasteiger partial charge >= 0.3 is 12.1 Å². The smallest absolute Gasteiger partial charge is 0.407 e. The number of hydrogen-bond donors (Lipinski definition) is 3. The van der Waals surface area contributed by atoms with Gasteiger partial charge in [-0.15, -0.1) is 0 Å². The van der Waals surface area contributed by atoms with Crippen LogP contribution in [0.4, 0.5) is 9.18 Å². The largest absolute Gasteiger partial charge is 0.461 e. The lowest BCUT2D eigenvalue weighted by Gasteiger charge is -2.23. The molecule has 0 aromatic heterocycles. The zero-order chi connectivity index (χ0) is 29.8. The summed E-state index contributed by atoms with van der Waals surface area (Å²) in [7, 11) is 0. The Hall–Kier alpha value is -4.93.